The van der Waals surface area contributed by atoms with E-state index in [-0.39, 0.29) is 24.8 Å². The Hall–Kier alpha value is -2.57. The zero-order valence-electron chi connectivity index (χ0n) is 14.5. The summed E-state index contributed by atoms with van der Waals surface area (Å²) < 4.78 is 12.2. The van der Waals surface area contributed by atoms with Gasteiger partial charge in [-0.25, -0.2) is 4.98 Å². The fraction of sp³-hybridized carbons (Fsp3) is 0.471. The molecule has 0 bridgehead atoms. The molecule has 2 heterocycles. The van der Waals surface area contributed by atoms with Crippen molar-refractivity contribution in [2.45, 2.75) is 27.2 Å². The minimum atomic E-state index is -0.314. The molecule has 7 heteroatoms. The first kappa shape index (κ1) is 17.8. The number of hydrogen-bond acceptors (Lipinski definition) is 5. The van der Waals surface area contributed by atoms with Crippen LogP contribution in [0.4, 0.5) is 0 Å². The van der Waals surface area contributed by atoms with Gasteiger partial charge in [-0.2, -0.15) is 0 Å². The Kier molecular flexibility index (Phi) is 5.78. The van der Waals surface area contributed by atoms with Crippen molar-refractivity contribution in [3.63, 3.8) is 0 Å². The maximum Gasteiger partial charge on any atom is 0.307 e. The highest BCUT2D eigenvalue weighted by atomic mass is 16.5. The third-order valence-electron chi connectivity index (χ3n) is 3.59. The molecule has 0 fully saturated rings. The lowest BCUT2D eigenvalue weighted by atomic mass is 10.3. The first-order valence-electron chi connectivity index (χ1n) is 8.01. The van der Waals surface area contributed by atoms with Crippen LogP contribution in [0.25, 0.3) is 5.65 Å². The molecular weight excluding hydrogens is 310 g/mol. The van der Waals surface area contributed by atoms with Gasteiger partial charge in [0, 0.05) is 19.8 Å². The molecule has 2 rings (SSSR count). The summed E-state index contributed by atoms with van der Waals surface area (Å²) in [6, 6.07) is 3.64. The third kappa shape index (κ3) is 3.67. The van der Waals surface area contributed by atoms with E-state index in [1.54, 1.807) is 31.5 Å². The lowest BCUT2D eigenvalue weighted by Gasteiger charge is -2.17. The van der Waals surface area contributed by atoms with Crippen LogP contribution in [0.2, 0.25) is 0 Å². The molecule has 0 saturated heterocycles. The van der Waals surface area contributed by atoms with Gasteiger partial charge < -0.3 is 14.4 Å². The van der Waals surface area contributed by atoms with E-state index in [0.29, 0.717) is 36.0 Å². The predicted octanol–water partition coefficient (Wildman–Crippen LogP) is 2.07. The van der Waals surface area contributed by atoms with Crippen LogP contribution in [0.15, 0.2) is 18.3 Å². The molecule has 7 nitrogen and oxygen atoms in total. The summed E-state index contributed by atoms with van der Waals surface area (Å²) in [5.74, 6) is 0.125. The number of esters is 1. The van der Waals surface area contributed by atoms with Gasteiger partial charge in [0.15, 0.2) is 11.4 Å². The standard InChI is InChI=1S/C17H23N3O4/c1-5-23-13-8-7-10-20-15(12(3)18-16(13)20)17(22)19(4)11-9-14(21)24-6-2/h7-8,10H,5-6,9,11H2,1-4H3. The van der Waals surface area contributed by atoms with Crippen LogP contribution in [-0.4, -0.2) is 53.0 Å². The van der Waals surface area contributed by atoms with Gasteiger partial charge in [0.25, 0.3) is 5.91 Å². The van der Waals surface area contributed by atoms with Crippen molar-refractivity contribution in [3.8, 4) is 5.75 Å². The van der Waals surface area contributed by atoms with E-state index in [9.17, 15) is 9.59 Å². The van der Waals surface area contributed by atoms with Crippen LogP contribution < -0.4 is 4.74 Å². The van der Waals surface area contributed by atoms with Gasteiger partial charge in [0.1, 0.15) is 5.69 Å². The summed E-state index contributed by atoms with van der Waals surface area (Å²) >= 11 is 0. The molecule has 0 radical (unpaired) electrons. The van der Waals surface area contributed by atoms with E-state index in [4.69, 9.17) is 9.47 Å². The second-order valence-electron chi connectivity index (χ2n) is 5.33. The number of hydrogen-bond donors (Lipinski definition) is 0. The highest BCUT2D eigenvalue weighted by molar-refractivity contribution is 5.95. The lowest BCUT2D eigenvalue weighted by molar-refractivity contribution is -0.143. The van der Waals surface area contributed by atoms with Gasteiger partial charge >= 0.3 is 5.97 Å². The van der Waals surface area contributed by atoms with Crippen LogP contribution in [0, 0.1) is 6.92 Å². The van der Waals surface area contributed by atoms with Gasteiger partial charge in [0.05, 0.1) is 25.3 Å². The number of carbonyl (C=O) groups is 2. The SMILES string of the molecule is CCOC(=O)CCN(C)C(=O)c1c(C)nc2c(OCC)cccn12. The normalized spacial score (nSPS) is 10.7. The van der Waals surface area contributed by atoms with Crippen molar-refractivity contribution < 1.29 is 19.1 Å². The predicted molar refractivity (Wildman–Crippen MR) is 89.3 cm³/mol. The van der Waals surface area contributed by atoms with E-state index in [2.05, 4.69) is 4.98 Å². The minimum Gasteiger partial charge on any atom is -0.490 e. The quantitative estimate of drug-likeness (QED) is 0.725. The van der Waals surface area contributed by atoms with Crippen molar-refractivity contribution in [2.24, 2.45) is 0 Å². The second-order valence-corrected chi connectivity index (χ2v) is 5.33. The molecule has 24 heavy (non-hydrogen) atoms. The van der Waals surface area contributed by atoms with Crippen molar-refractivity contribution >= 4 is 17.5 Å². The smallest absolute Gasteiger partial charge is 0.307 e. The van der Waals surface area contributed by atoms with E-state index >= 15 is 0 Å². The van der Waals surface area contributed by atoms with Gasteiger partial charge in [-0.15, -0.1) is 0 Å². The molecule has 0 atom stereocenters. The highest BCUT2D eigenvalue weighted by Gasteiger charge is 2.22. The lowest BCUT2D eigenvalue weighted by Crippen LogP contribution is -2.30. The number of ether oxygens (including phenoxy) is 2. The minimum absolute atomic E-state index is 0.163. The third-order valence-corrected chi connectivity index (χ3v) is 3.59. The molecular formula is C17H23N3O4. The van der Waals surface area contributed by atoms with Gasteiger partial charge in [-0.05, 0) is 32.9 Å². The summed E-state index contributed by atoms with van der Waals surface area (Å²) in [5.41, 5.74) is 1.70. The molecule has 0 saturated carbocycles. The van der Waals surface area contributed by atoms with Crippen LogP contribution in [0.5, 0.6) is 5.75 Å². The monoisotopic (exact) mass is 333 g/mol. The molecule has 0 spiro atoms. The Balaban J connectivity index is 2.24. The summed E-state index contributed by atoms with van der Waals surface area (Å²) in [6.07, 6.45) is 1.94. The van der Waals surface area contributed by atoms with E-state index in [1.165, 1.54) is 4.90 Å². The number of amides is 1. The number of aryl methyl sites for hydroxylation is 1. The summed E-state index contributed by atoms with van der Waals surface area (Å²) in [4.78, 5) is 30.2. The molecule has 0 aliphatic rings. The molecule has 2 aromatic heterocycles. The van der Waals surface area contributed by atoms with Crippen molar-refractivity contribution in [2.75, 3.05) is 26.8 Å². The Morgan fingerprint density at radius 2 is 2.04 bits per heavy atom. The Bertz CT molecular complexity index is 739. The van der Waals surface area contributed by atoms with Crippen LogP contribution in [0.3, 0.4) is 0 Å². The molecule has 1 amide bonds. The molecule has 0 aromatic carbocycles. The fourth-order valence-electron chi connectivity index (χ4n) is 2.46. The van der Waals surface area contributed by atoms with Crippen molar-refractivity contribution in [1.29, 1.82) is 0 Å². The molecule has 0 unspecified atom stereocenters. The Labute approximate surface area is 141 Å². The average Bonchev–Trinajstić information content (AvgIpc) is 2.89. The zero-order chi connectivity index (χ0) is 17.7. The fourth-order valence-corrected chi connectivity index (χ4v) is 2.46. The first-order valence-corrected chi connectivity index (χ1v) is 8.01. The maximum atomic E-state index is 12.8. The van der Waals surface area contributed by atoms with Crippen molar-refractivity contribution in [1.82, 2.24) is 14.3 Å². The summed E-state index contributed by atoms with van der Waals surface area (Å²) in [6.45, 7) is 6.58. The summed E-state index contributed by atoms with van der Waals surface area (Å²) in [5, 5.41) is 0. The number of pyridine rings is 1. The van der Waals surface area contributed by atoms with Gasteiger partial charge in [0.2, 0.25) is 0 Å². The highest BCUT2D eigenvalue weighted by Crippen LogP contribution is 2.22. The number of carbonyl (C=O) groups excluding carboxylic acids is 2. The molecule has 0 aliphatic heterocycles. The first-order chi connectivity index (χ1) is 11.5. The Morgan fingerprint density at radius 3 is 2.71 bits per heavy atom. The number of nitrogens with zero attached hydrogens (tertiary/aromatic N) is 3. The van der Waals surface area contributed by atoms with E-state index in [1.807, 2.05) is 19.1 Å². The van der Waals surface area contributed by atoms with Gasteiger partial charge in [-0.1, -0.05) is 0 Å². The van der Waals surface area contributed by atoms with Gasteiger partial charge in [-0.3, -0.25) is 14.0 Å². The summed E-state index contributed by atoms with van der Waals surface area (Å²) in [7, 11) is 1.66. The molecule has 2 aromatic rings. The molecule has 130 valence electrons. The number of fused-ring (bicyclic) bond motifs is 1. The maximum absolute atomic E-state index is 12.8. The largest absolute Gasteiger partial charge is 0.490 e. The Morgan fingerprint density at radius 1 is 1.29 bits per heavy atom. The second kappa shape index (κ2) is 7.81. The number of imidazole rings is 1. The zero-order valence-corrected chi connectivity index (χ0v) is 14.5. The molecule has 0 N–H and O–H groups in total. The topological polar surface area (TPSA) is 73.1 Å². The number of rotatable bonds is 7. The average molecular weight is 333 g/mol. The molecule has 0 aliphatic carbocycles. The van der Waals surface area contributed by atoms with Crippen LogP contribution in [-0.2, 0) is 9.53 Å². The van der Waals surface area contributed by atoms with Crippen LogP contribution in [0.1, 0.15) is 36.5 Å². The van der Waals surface area contributed by atoms with Crippen molar-refractivity contribution in [3.05, 3.63) is 29.7 Å². The van der Waals surface area contributed by atoms with E-state index in [0.717, 1.165) is 0 Å². The number of aromatic nitrogens is 2. The van der Waals surface area contributed by atoms with E-state index < -0.39 is 0 Å². The van der Waals surface area contributed by atoms with Crippen LogP contribution >= 0.6 is 0 Å².